The second-order valence-corrected chi connectivity index (χ2v) is 16.3. The van der Waals surface area contributed by atoms with Gasteiger partial charge in [-0.15, -0.1) is 11.3 Å². The van der Waals surface area contributed by atoms with Crippen molar-refractivity contribution in [2.45, 2.75) is 0 Å². The first-order valence-electron chi connectivity index (χ1n) is 20.3. The molecule has 5 heterocycles. The van der Waals surface area contributed by atoms with Gasteiger partial charge in [0.1, 0.15) is 4.83 Å². The molecule has 7 nitrogen and oxygen atoms in total. The lowest BCUT2D eigenvalue weighted by Gasteiger charge is -2.12. The number of nitrogens with zero attached hydrogens (tertiary/aromatic N) is 7. The predicted molar refractivity (Wildman–Crippen MR) is 251 cm³/mol. The van der Waals surface area contributed by atoms with Gasteiger partial charge in [0.25, 0.3) is 0 Å². The van der Waals surface area contributed by atoms with Crippen LogP contribution < -0.4 is 0 Å². The molecule has 0 fully saturated rings. The quantitative estimate of drug-likeness (QED) is 0.173. The SMILES string of the molecule is c1ccc(-c2nc(-c3ccccc3)nc(-n3c4ccccc4c4ccc5c(c6ccccc6n5-c5nc(-c6cccc7ccccc67)c6c(n5)sc5ccccc56)c43)n2)cc1. The monoisotopic (exact) mass is 797 g/mol. The van der Waals surface area contributed by atoms with Gasteiger partial charge in [-0.25, -0.2) is 15.0 Å². The highest BCUT2D eigenvalue weighted by molar-refractivity contribution is 7.25. The second kappa shape index (κ2) is 13.2. The van der Waals surface area contributed by atoms with Crippen molar-refractivity contribution in [3.63, 3.8) is 0 Å². The first-order chi connectivity index (χ1) is 30.3. The Morgan fingerprint density at radius 1 is 0.361 bits per heavy atom. The molecule has 61 heavy (non-hydrogen) atoms. The van der Waals surface area contributed by atoms with Crippen LogP contribution in [0.5, 0.6) is 0 Å². The summed E-state index contributed by atoms with van der Waals surface area (Å²) in [6, 6.07) is 65.4. The summed E-state index contributed by atoms with van der Waals surface area (Å²) in [5.41, 5.74) is 7.85. The van der Waals surface area contributed by atoms with Crippen molar-refractivity contribution in [2.75, 3.05) is 0 Å². The minimum Gasteiger partial charge on any atom is -0.278 e. The normalized spacial score (nSPS) is 11.9. The molecule has 13 rings (SSSR count). The zero-order valence-electron chi connectivity index (χ0n) is 32.4. The third kappa shape index (κ3) is 5.13. The molecule has 8 aromatic carbocycles. The number of benzene rings is 8. The van der Waals surface area contributed by atoms with Crippen LogP contribution in [0, 0.1) is 0 Å². The van der Waals surface area contributed by atoms with Gasteiger partial charge < -0.3 is 0 Å². The van der Waals surface area contributed by atoms with Crippen LogP contribution in [-0.2, 0) is 0 Å². The Morgan fingerprint density at radius 2 is 0.951 bits per heavy atom. The molecule has 0 radical (unpaired) electrons. The van der Waals surface area contributed by atoms with Crippen LogP contribution >= 0.6 is 11.3 Å². The van der Waals surface area contributed by atoms with Crippen molar-refractivity contribution in [1.82, 2.24) is 34.1 Å². The highest BCUT2D eigenvalue weighted by Crippen LogP contribution is 2.44. The average molecular weight is 798 g/mol. The molecule has 0 amide bonds. The molecule has 0 saturated carbocycles. The number of hydrogen-bond acceptors (Lipinski definition) is 6. The topological polar surface area (TPSA) is 74.3 Å². The van der Waals surface area contributed by atoms with E-state index in [1.807, 2.05) is 60.7 Å². The van der Waals surface area contributed by atoms with Gasteiger partial charge in [-0.1, -0.05) is 164 Å². The first kappa shape index (κ1) is 33.9. The number of fused-ring (bicyclic) bond motifs is 11. The minimum absolute atomic E-state index is 0.546. The highest BCUT2D eigenvalue weighted by Gasteiger charge is 2.25. The van der Waals surface area contributed by atoms with E-state index in [2.05, 4.69) is 137 Å². The lowest BCUT2D eigenvalue weighted by atomic mass is 9.99. The molecule has 0 atom stereocenters. The van der Waals surface area contributed by atoms with Gasteiger partial charge in [-0.3, -0.25) is 9.13 Å². The van der Waals surface area contributed by atoms with Crippen LogP contribution in [0.3, 0.4) is 0 Å². The van der Waals surface area contributed by atoms with Gasteiger partial charge >= 0.3 is 0 Å². The van der Waals surface area contributed by atoms with Crippen LogP contribution in [0.4, 0.5) is 0 Å². The van der Waals surface area contributed by atoms with E-state index in [1.54, 1.807) is 11.3 Å². The van der Waals surface area contributed by atoms with Gasteiger partial charge in [-0.2, -0.15) is 9.97 Å². The Labute approximate surface area is 352 Å². The third-order valence-electron chi connectivity index (χ3n) is 11.8. The summed E-state index contributed by atoms with van der Waals surface area (Å²) in [5.74, 6) is 2.38. The minimum atomic E-state index is 0.546. The molecule has 0 spiro atoms. The van der Waals surface area contributed by atoms with Crippen molar-refractivity contribution in [3.05, 3.63) is 188 Å². The van der Waals surface area contributed by atoms with E-state index in [-0.39, 0.29) is 0 Å². The molecule has 0 bridgehead atoms. The molecule has 0 N–H and O–H groups in total. The maximum atomic E-state index is 5.60. The van der Waals surface area contributed by atoms with Gasteiger partial charge in [0.2, 0.25) is 11.9 Å². The lowest BCUT2D eigenvalue weighted by Crippen LogP contribution is -2.06. The maximum absolute atomic E-state index is 5.60. The summed E-state index contributed by atoms with van der Waals surface area (Å²) in [6.07, 6.45) is 0. The summed E-state index contributed by atoms with van der Waals surface area (Å²) >= 11 is 1.71. The van der Waals surface area contributed by atoms with E-state index in [1.165, 1.54) is 10.1 Å². The standard InChI is InChI=1S/C53H31N7S/c1-3-17-33(18-4-1)49-55-50(34-19-5-2-6-20-34)57-53(56-49)60-41-27-12-9-23-36(41)38-30-31-43-45(48(38)60)39-24-10-13-28-42(39)59(43)52-54-47(37-26-15-21-32-16-7-8-22-35(32)37)46-40-25-11-14-29-44(40)61-51(46)58-52/h1-31H. The summed E-state index contributed by atoms with van der Waals surface area (Å²) in [5, 5.41) is 8.92. The Balaban J connectivity index is 1.15. The van der Waals surface area contributed by atoms with E-state index in [0.29, 0.717) is 23.5 Å². The van der Waals surface area contributed by atoms with Crippen LogP contribution in [0.2, 0.25) is 0 Å². The van der Waals surface area contributed by atoms with Crippen molar-refractivity contribution in [3.8, 4) is 45.9 Å². The summed E-state index contributed by atoms with van der Waals surface area (Å²) in [6.45, 7) is 0. The molecule has 0 aliphatic rings. The Morgan fingerprint density at radius 3 is 1.70 bits per heavy atom. The molecule has 0 unspecified atom stereocenters. The molecular formula is C53H31N7S. The molecule has 284 valence electrons. The fourth-order valence-electron chi connectivity index (χ4n) is 9.17. The average Bonchev–Trinajstić information content (AvgIpc) is 3.99. The Hall–Kier alpha value is -8.07. The molecule has 5 aromatic heterocycles. The van der Waals surface area contributed by atoms with Crippen molar-refractivity contribution in [2.24, 2.45) is 0 Å². The lowest BCUT2D eigenvalue weighted by molar-refractivity contribution is 0.955. The fourth-order valence-corrected chi connectivity index (χ4v) is 10.2. The first-order valence-corrected chi connectivity index (χ1v) is 21.1. The van der Waals surface area contributed by atoms with Crippen LogP contribution in [0.15, 0.2) is 188 Å². The molecule has 0 aliphatic carbocycles. The number of thiophene rings is 1. The predicted octanol–water partition coefficient (Wildman–Crippen LogP) is 13.4. The van der Waals surface area contributed by atoms with Crippen molar-refractivity contribution in [1.29, 1.82) is 0 Å². The third-order valence-corrected chi connectivity index (χ3v) is 12.9. The largest absolute Gasteiger partial charge is 0.278 e. The van der Waals surface area contributed by atoms with Crippen LogP contribution in [-0.4, -0.2) is 34.1 Å². The molecule has 0 aliphatic heterocycles. The Bertz CT molecular complexity index is 3820. The van der Waals surface area contributed by atoms with Gasteiger partial charge in [0.05, 0.1) is 27.8 Å². The summed E-state index contributed by atoms with van der Waals surface area (Å²) in [7, 11) is 0. The summed E-state index contributed by atoms with van der Waals surface area (Å²) in [4.78, 5) is 27.5. The van der Waals surface area contributed by atoms with Gasteiger partial charge in [-0.05, 0) is 35.0 Å². The zero-order chi connectivity index (χ0) is 40.0. The number of hydrogen-bond donors (Lipinski definition) is 0. The molecule has 13 aromatic rings. The van der Waals surface area contributed by atoms with Crippen molar-refractivity contribution >= 4 is 86.0 Å². The smallest absolute Gasteiger partial charge is 0.238 e. The highest BCUT2D eigenvalue weighted by atomic mass is 32.1. The van der Waals surface area contributed by atoms with E-state index < -0.39 is 0 Å². The van der Waals surface area contributed by atoms with Crippen LogP contribution in [0.1, 0.15) is 0 Å². The maximum Gasteiger partial charge on any atom is 0.238 e. The van der Waals surface area contributed by atoms with E-state index in [0.717, 1.165) is 87.0 Å². The van der Waals surface area contributed by atoms with E-state index >= 15 is 0 Å². The van der Waals surface area contributed by atoms with Gasteiger partial charge in [0, 0.05) is 53.7 Å². The Kier molecular flexibility index (Phi) is 7.34. The zero-order valence-corrected chi connectivity index (χ0v) is 33.3. The number of para-hydroxylation sites is 2. The van der Waals surface area contributed by atoms with E-state index in [4.69, 9.17) is 24.9 Å². The summed E-state index contributed by atoms with van der Waals surface area (Å²) < 4.78 is 5.64. The second-order valence-electron chi connectivity index (χ2n) is 15.3. The number of rotatable bonds is 5. The van der Waals surface area contributed by atoms with Crippen LogP contribution in [0.25, 0.3) is 121 Å². The van der Waals surface area contributed by atoms with E-state index in [9.17, 15) is 0 Å². The number of aromatic nitrogens is 7. The van der Waals surface area contributed by atoms with Gasteiger partial charge in [0.15, 0.2) is 11.6 Å². The molecule has 0 saturated heterocycles. The van der Waals surface area contributed by atoms with Crippen molar-refractivity contribution < 1.29 is 0 Å². The molecule has 8 heteroatoms. The molecular weight excluding hydrogens is 767 g/mol. The fraction of sp³-hybridized carbons (Fsp3) is 0.